The quantitative estimate of drug-likeness (QED) is 0.331. The highest BCUT2D eigenvalue weighted by molar-refractivity contribution is 5.77. The number of aromatic nitrogens is 1. The first-order chi connectivity index (χ1) is 17.8. The summed E-state index contributed by atoms with van der Waals surface area (Å²) < 4.78 is 53.0. The van der Waals surface area contributed by atoms with E-state index in [1.807, 2.05) is 54.6 Å². The number of halogens is 3. The van der Waals surface area contributed by atoms with Crippen LogP contribution >= 0.6 is 0 Å². The van der Waals surface area contributed by atoms with Crippen molar-refractivity contribution in [1.29, 1.82) is 0 Å². The molecule has 2 atom stereocenters. The molecular weight excluding hydrogens is 481 g/mol. The Morgan fingerprint density at radius 2 is 1.76 bits per heavy atom. The van der Waals surface area contributed by atoms with Crippen LogP contribution in [0.2, 0.25) is 0 Å². The number of rotatable bonds is 12. The number of methoxy groups -OCH3 is 1. The maximum absolute atomic E-state index is 13.9. The van der Waals surface area contributed by atoms with Crippen LogP contribution in [0.25, 0.3) is 0 Å². The third-order valence-electron chi connectivity index (χ3n) is 6.99. The summed E-state index contributed by atoms with van der Waals surface area (Å²) in [6, 6.07) is 20.7. The summed E-state index contributed by atoms with van der Waals surface area (Å²) in [5.74, 6) is -0.656. The van der Waals surface area contributed by atoms with Gasteiger partial charge in [-0.2, -0.15) is 13.2 Å². The first kappa shape index (κ1) is 26.7. The summed E-state index contributed by atoms with van der Waals surface area (Å²) in [5, 5.41) is 2.78. The van der Waals surface area contributed by atoms with Gasteiger partial charge >= 0.3 is 6.18 Å². The molecule has 1 saturated carbocycles. The lowest BCUT2D eigenvalue weighted by molar-refractivity contribution is -0.194. The molecule has 0 spiro atoms. The number of carbonyl (C=O) groups excluding carboxylic acids is 1. The van der Waals surface area contributed by atoms with E-state index < -0.39 is 23.4 Å². The van der Waals surface area contributed by atoms with Gasteiger partial charge in [0.25, 0.3) is 0 Å². The van der Waals surface area contributed by atoms with Gasteiger partial charge in [-0.1, -0.05) is 48.5 Å². The Morgan fingerprint density at radius 1 is 1.03 bits per heavy atom. The van der Waals surface area contributed by atoms with E-state index in [1.165, 1.54) is 12.4 Å². The highest BCUT2D eigenvalue weighted by Gasteiger charge is 2.67. The molecule has 1 N–H and O–H groups in total. The molecule has 0 bridgehead atoms. The molecule has 1 aliphatic rings. The third-order valence-corrected chi connectivity index (χ3v) is 6.99. The van der Waals surface area contributed by atoms with Crippen LogP contribution in [0.3, 0.4) is 0 Å². The zero-order valence-corrected chi connectivity index (χ0v) is 20.7. The Labute approximate surface area is 215 Å². The van der Waals surface area contributed by atoms with Gasteiger partial charge in [0.2, 0.25) is 5.91 Å². The summed E-state index contributed by atoms with van der Waals surface area (Å²) >= 11 is 0. The maximum atomic E-state index is 13.9. The Kier molecular flexibility index (Phi) is 8.48. The minimum atomic E-state index is -4.38. The summed E-state index contributed by atoms with van der Waals surface area (Å²) in [6.07, 6.45) is -1.43. The highest BCUT2D eigenvalue weighted by atomic mass is 19.4. The number of hydrogen-bond acceptors (Lipinski definition) is 4. The topological polar surface area (TPSA) is 60.5 Å². The molecule has 5 nitrogen and oxygen atoms in total. The van der Waals surface area contributed by atoms with Crippen LogP contribution in [-0.2, 0) is 22.6 Å². The van der Waals surface area contributed by atoms with E-state index in [-0.39, 0.29) is 31.9 Å². The molecule has 1 amide bonds. The van der Waals surface area contributed by atoms with Crippen LogP contribution in [0.4, 0.5) is 13.2 Å². The van der Waals surface area contributed by atoms with Crippen molar-refractivity contribution in [2.24, 2.45) is 5.41 Å². The van der Waals surface area contributed by atoms with Crippen molar-refractivity contribution in [2.45, 2.75) is 50.5 Å². The van der Waals surface area contributed by atoms with Crippen LogP contribution in [0.15, 0.2) is 79.1 Å². The number of alkyl halides is 3. The molecule has 2 unspecified atom stereocenters. The monoisotopic (exact) mass is 512 g/mol. The van der Waals surface area contributed by atoms with Crippen molar-refractivity contribution in [3.05, 3.63) is 95.8 Å². The summed E-state index contributed by atoms with van der Waals surface area (Å²) in [5.41, 5.74) is 0.648. The van der Waals surface area contributed by atoms with Gasteiger partial charge < -0.3 is 14.8 Å². The summed E-state index contributed by atoms with van der Waals surface area (Å²) in [6.45, 7) is 0.670. The molecule has 37 heavy (non-hydrogen) atoms. The predicted molar refractivity (Wildman–Crippen MR) is 134 cm³/mol. The van der Waals surface area contributed by atoms with Crippen LogP contribution in [0.5, 0.6) is 5.75 Å². The summed E-state index contributed by atoms with van der Waals surface area (Å²) in [7, 11) is 1.55. The van der Waals surface area contributed by atoms with Crippen LogP contribution in [0.1, 0.15) is 41.9 Å². The van der Waals surface area contributed by atoms with E-state index in [9.17, 15) is 18.0 Å². The van der Waals surface area contributed by atoms with Gasteiger partial charge in [0.05, 0.1) is 11.5 Å². The second-order valence-electron chi connectivity index (χ2n) is 9.48. The molecule has 4 rings (SSSR count). The van der Waals surface area contributed by atoms with Gasteiger partial charge in [-0.15, -0.1) is 0 Å². The van der Waals surface area contributed by atoms with E-state index in [1.54, 1.807) is 19.2 Å². The molecule has 1 heterocycles. The molecule has 2 aromatic carbocycles. The second kappa shape index (κ2) is 11.8. The molecule has 8 heteroatoms. The van der Waals surface area contributed by atoms with Crippen molar-refractivity contribution >= 4 is 5.91 Å². The van der Waals surface area contributed by atoms with E-state index >= 15 is 0 Å². The Morgan fingerprint density at radius 3 is 2.35 bits per heavy atom. The van der Waals surface area contributed by atoms with E-state index in [4.69, 9.17) is 9.47 Å². The summed E-state index contributed by atoms with van der Waals surface area (Å²) in [4.78, 5) is 16.7. The number of nitrogens with one attached hydrogen (secondary N) is 1. The van der Waals surface area contributed by atoms with Crippen LogP contribution in [0, 0.1) is 5.41 Å². The largest absolute Gasteiger partial charge is 0.489 e. The molecule has 1 aromatic heterocycles. The lowest BCUT2D eigenvalue weighted by Gasteiger charge is -2.29. The minimum Gasteiger partial charge on any atom is -0.489 e. The minimum absolute atomic E-state index is 0.0229. The van der Waals surface area contributed by atoms with Gasteiger partial charge in [-0.25, -0.2) is 0 Å². The van der Waals surface area contributed by atoms with Crippen molar-refractivity contribution in [3.63, 3.8) is 0 Å². The highest BCUT2D eigenvalue weighted by Crippen LogP contribution is 2.66. The smallest absolute Gasteiger partial charge is 0.395 e. The predicted octanol–water partition coefficient (Wildman–Crippen LogP) is 5.85. The number of carbonyl (C=O) groups is 1. The normalized spacial score (nSPS) is 16.0. The Bertz CT molecular complexity index is 1130. The van der Waals surface area contributed by atoms with Crippen molar-refractivity contribution in [2.75, 3.05) is 13.7 Å². The van der Waals surface area contributed by atoms with Gasteiger partial charge in [-0.3, -0.25) is 9.78 Å². The third kappa shape index (κ3) is 6.89. The zero-order valence-electron chi connectivity index (χ0n) is 20.7. The molecule has 0 saturated heterocycles. The van der Waals surface area contributed by atoms with Gasteiger partial charge in [-0.05, 0) is 47.7 Å². The van der Waals surface area contributed by atoms with Crippen molar-refractivity contribution in [3.8, 4) is 5.75 Å². The molecular formula is C29H31F3N2O3. The van der Waals surface area contributed by atoms with Gasteiger partial charge in [0, 0.05) is 44.8 Å². The lowest BCUT2D eigenvalue weighted by Crippen LogP contribution is -2.38. The average molecular weight is 513 g/mol. The van der Waals surface area contributed by atoms with Crippen LogP contribution < -0.4 is 10.1 Å². The second-order valence-corrected chi connectivity index (χ2v) is 9.48. The van der Waals surface area contributed by atoms with Crippen molar-refractivity contribution in [1.82, 2.24) is 10.3 Å². The molecule has 3 aromatic rings. The molecule has 0 aliphatic heterocycles. The van der Waals surface area contributed by atoms with Crippen molar-refractivity contribution < 1.29 is 27.4 Å². The number of nitrogens with zero attached hydrogens (tertiary/aromatic N) is 1. The fraction of sp³-hybridized carbons (Fsp3) is 0.379. The fourth-order valence-electron chi connectivity index (χ4n) is 4.63. The van der Waals surface area contributed by atoms with Gasteiger partial charge in [0.15, 0.2) is 0 Å². The fourth-order valence-corrected chi connectivity index (χ4v) is 4.63. The molecule has 1 aliphatic carbocycles. The van der Waals surface area contributed by atoms with E-state index in [2.05, 4.69) is 10.3 Å². The number of amides is 1. The van der Waals surface area contributed by atoms with Gasteiger partial charge in [0.1, 0.15) is 12.4 Å². The number of pyridine rings is 1. The van der Waals surface area contributed by atoms with E-state index in [0.717, 1.165) is 16.9 Å². The number of ether oxygens (including phenoxy) is 2. The Hall–Kier alpha value is -3.39. The molecule has 1 fully saturated rings. The van der Waals surface area contributed by atoms with Crippen LogP contribution in [-0.4, -0.2) is 36.8 Å². The average Bonchev–Trinajstić information content (AvgIpc) is 3.72. The first-order valence-electron chi connectivity index (χ1n) is 12.3. The Balaban J connectivity index is 1.30. The molecule has 0 radical (unpaired) electrons. The molecule has 196 valence electrons. The maximum Gasteiger partial charge on any atom is 0.395 e. The standard InChI is InChI=1S/C29H31F3N2O3/c1-36-25(16-21-9-11-24(12-10-21)37-20-22-6-3-2-4-7-22)19-34-27(35)17-26(23-8-5-15-33-18-23)28(13-14-28)29(30,31)32/h2-12,15,18,25-26H,13-14,16-17,19-20H2,1H3,(H,34,35). The number of benzene rings is 2. The van der Waals surface area contributed by atoms with E-state index in [0.29, 0.717) is 18.6 Å². The number of hydrogen-bond donors (Lipinski definition) is 1. The first-order valence-corrected chi connectivity index (χ1v) is 12.3. The lowest BCUT2D eigenvalue weighted by atomic mass is 9.80. The SMILES string of the molecule is COC(CNC(=O)CC(c1cccnc1)C1(C(F)(F)F)CC1)Cc1ccc(OCc2ccccc2)cc1. The zero-order chi connectivity index (χ0) is 26.3.